The van der Waals surface area contributed by atoms with Gasteiger partial charge in [0.25, 0.3) is 0 Å². The highest BCUT2D eigenvalue weighted by Gasteiger charge is 2.48. The summed E-state index contributed by atoms with van der Waals surface area (Å²) in [5.74, 6) is 8.16. The van der Waals surface area contributed by atoms with Gasteiger partial charge in [0.2, 0.25) is 6.79 Å². The Labute approximate surface area is 162 Å². The van der Waals surface area contributed by atoms with Crippen LogP contribution in [0.15, 0.2) is 18.2 Å². The number of hydrogen-bond acceptors (Lipinski definition) is 5. The first-order valence-electron chi connectivity index (χ1n) is 9.70. The minimum atomic E-state index is -0.783. The predicted octanol–water partition coefficient (Wildman–Crippen LogP) is 2.83. The van der Waals surface area contributed by atoms with Crippen LogP contribution >= 0.6 is 0 Å². The molecule has 1 aromatic carbocycles. The van der Waals surface area contributed by atoms with Gasteiger partial charge in [0, 0.05) is 21.0 Å². The molecule has 146 valence electrons. The van der Waals surface area contributed by atoms with Gasteiger partial charge in [0.15, 0.2) is 11.5 Å². The van der Waals surface area contributed by atoms with Crippen LogP contribution in [-0.4, -0.2) is 53.7 Å². The standard InChI is InChI=1S/C21H28O5Si/c1-21(2,27(3)4)12-24-18-11-23-19-15(10-22-20(18)19)7-5-14-6-8-16-17(9-14)26-13-25-16/h6,8-9,15,18-20,27H,10-13H2,1-4H3/t15-,18+,19+,20+/m0/s1. The molecule has 2 fully saturated rings. The summed E-state index contributed by atoms with van der Waals surface area (Å²) in [7, 11) is -0.783. The van der Waals surface area contributed by atoms with Crippen molar-refractivity contribution in [2.45, 2.75) is 50.3 Å². The lowest BCUT2D eigenvalue weighted by atomic mass is 10.0. The molecule has 4 rings (SSSR count). The second-order valence-corrected chi connectivity index (χ2v) is 12.4. The first kappa shape index (κ1) is 18.8. The molecule has 0 unspecified atom stereocenters. The Kier molecular flexibility index (Phi) is 5.21. The summed E-state index contributed by atoms with van der Waals surface area (Å²) in [6.07, 6.45) is 0.000897. The van der Waals surface area contributed by atoms with Gasteiger partial charge in [-0.25, -0.2) is 0 Å². The van der Waals surface area contributed by atoms with Crippen LogP contribution in [0.2, 0.25) is 18.1 Å². The summed E-state index contributed by atoms with van der Waals surface area (Å²) in [4.78, 5) is 0. The molecular formula is C21H28O5Si. The highest BCUT2D eigenvalue weighted by Crippen LogP contribution is 2.36. The second-order valence-electron chi connectivity index (χ2n) is 8.53. The van der Waals surface area contributed by atoms with Crippen molar-refractivity contribution in [2.75, 3.05) is 26.6 Å². The Balaban J connectivity index is 1.37. The topological polar surface area (TPSA) is 46.2 Å². The third kappa shape index (κ3) is 3.88. The Morgan fingerprint density at radius 1 is 1.11 bits per heavy atom. The lowest BCUT2D eigenvalue weighted by Crippen LogP contribution is -2.35. The molecule has 6 heteroatoms. The van der Waals surface area contributed by atoms with Crippen molar-refractivity contribution in [1.29, 1.82) is 0 Å². The molecule has 4 atom stereocenters. The minimum Gasteiger partial charge on any atom is -0.454 e. The predicted molar refractivity (Wildman–Crippen MR) is 105 cm³/mol. The fourth-order valence-corrected chi connectivity index (χ4v) is 3.80. The summed E-state index contributed by atoms with van der Waals surface area (Å²) in [6.45, 7) is 11.6. The summed E-state index contributed by atoms with van der Waals surface area (Å²) in [5.41, 5.74) is 0.914. The van der Waals surface area contributed by atoms with Gasteiger partial charge in [-0.15, -0.1) is 0 Å². The molecule has 0 N–H and O–H groups in total. The van der Waals surface area contributed by atoms with Crippen molar-refractivity contribution in [3.05, 3.63) is 23.8 Å². The van der Waals surface area contributed by atoms with Gasteiger partial charge in [0.05, 0.1) is 19.1 Å². The van der Waals surface area contributed by atoms with Crippen molar-refractivity contribution in [3.8, 4) is 23.3 Å². The lowest BCUT2D eigenvalue weighted by Gasteiger charge is -2.30. The molecule has 3 aliphatic heterocycles. The van der Waals surface area contributed by atoms with Crippen LogP contribution in [0.25, 0.3) is 0 Å². The van der Waals surface area contributed by atoms with Gasteiger partial charge < -0.3 is 23.7 Å². The average Bonchev–Trinajstić information content (AvgIpc) is 3.34. The van der Waals surface area contributed by atoms with Crippen molar-refractivity contribution in [3.63, 3.8) is 0 Å². The Morgan fingerprint density at radius 3 is 2.70 bits per heavy atom. The normalized spacial score (nSPS) is 28.9. The van der Waals surface area contributed by atoms with Crippen molar-refractivity contribution >= 4 is 8.80 Å². The Bertz CT molecular complexity index is 751. The third-order valence-corrected chi connectivity index (χ3v) is 9.31. The maximum Gasteiger partial charge on any atom is 0.231 e. The van der Waals surface area contributed by atoms with Gasteiger partial charge in [0.1, 0.15) is 18.3 Å². The SMILES string of the molecule is C[SiH](C)C(C)(C)CO[C@@H]1CO[C@H]2[C@@H]1OC[C@@H]2C#Cc1ccc2c(c1)OCO2. The van der Waals surface area contributed by atoms with E-state index in [1.165, 1.54) is 0 Å². The van der Waals surface area contributed by atoms with Gasteiger partial charge in [-0.05, 0) is 23.2 Å². The Hall–Kier alpha value is -1.52. The van der Waals surface area contributed by atoms with Crippen molar-refractivity contribution < 1.29 is 23.7 Å². The quantitative estimate of drug-likeness (QED) is 0.586. The van der Waals surface area contributed by atoms with E-state index in [2.05, 4.69) is 38.8 Å². The van der Waals surface area contributed by atoms with Crippen LogP contribution in [0.4, 0.5) is 0 Å². The van der Waals surface area contributed by atoms with E-state index >= 15 is 0 Å². The molecule has 5 nitrogen and oxygen atoms in total. The highest BCUT2D eigenvalue weighted by atomic mass is 28.3. The lowest BCUT2D eigenvalue weighted by molar-refractivity contribution is -0.0383. The highest BCUT2D eigenvalue weighted by molar-refractivity contribution is 6.59. The summed E-state index contributed by atoms with van der Waals surface area (Å²) < 4.78 is 29.0. The van der Waals surface area contributed by atoms with Gasteiger partial charge in [-0.3, -0.25) is 0 Å². The number of rotatable bonds is 4. The second kappa shape index (κ2) is 7.48. The molecule has 27 heavy (non-hydrogen) atoms. The minimum absolute atomic E-state index is 0.00378. The Morgan fingerprint density at radius 2 is 1.89 bits per heavy atom. The molecule has 0 spiro atoms. The van der Waals surface area contributed by atoms with Crippen LogP contribution in [0.3, 0.4) is 0 Å². The van der Waals surface area contributed by atoms with Crippen LogP contribution in [0, 0.1) is 17.8 Å². The molecule has 1 aromatic rings. The van der Waals surface area contributed by atoms with Crippen molar-refractivity contribution in [1.82, 2.24) is 0 Å². The maximum atomic E-state index is 6.21. The van der Waals surface area contributed by atoms with Gasteiger partial charge in [-0.2, -0.15) is 0 Å². The van der Waals surface area contributed by atoms with E-state index in [1.807, 2.05) is 18.2 Å². The van der Waals surface area contributed by atoms with Crippen LogP contribution < -0.4 is 9.47 Å². The molecule has 0 aromatic heterocycles. The molecular weight excluding hydrogens is 360 g/mol. The zero-order valence-corrected chi connectivity index (χ0v) is 17.6. The number of hydrogen-bond donors (Lipinski definition) is 0. The molecule has 0 amide bonds. The maximum absolute atomic E-state index is 6.21. The summed E-state index contributed by atoms with van der Waals surface area (Å²) >= 11 is 0. The zero-order chi connectivity index (χ0) is 19.0. The fourth-order valence-electron chi connectivity index (χ4n) is 3.37. The van der Waals surface area contributed by atoms with E-state index in [1.54, 1.807) is 0 Å². The van der Waals surface area contributed by atoms with Crippen molar-refractivity contribution in [2.24, 2.45) is 5.92 Å². The molecule has 3 heterocycles. The van der Waals surface area contributed by atoms with E-state index in [0.29, 0.717) is 13.2 Å². The zero-order valence-electron chi connectivity index (χ0n) is 16.5. The van der Waals surface area contributed by atoms with E-state index in [0.717, 1.165) is 23.7 Å². The first-order chi connectivity index (χ1) is 12.9. The molecule has 0 saturated carbocycles. The van der Waals surface area contributed by atoms with Crippen LogP contribution in [-0.2, 0) is 14.2 Å². The van der Waals surface area contributed by atoms with Crippen LogP contribution in [0.5, 0.6) is 11.5 Å². The largest absolute Gasteiger partial charge is 0.454 e. The molecule has 0 radical (unpaired) electrons. The fraction of sp³-hybridized carbons (Fsp3) is 0.619. The first-order valence-corrected chi connectivity index (χ1v) is 12.6. The molecule has 0 bridgehead atoms. The van der Waals surface area contributed by atoms with Gasteiger partial charge >= 0.3 is 0 Å². The van der Waals surface area contributed by atoms with E-state index in [-0.39, 0.29) is 36.1 Å². The number of ether oxygens (including phenoxy) is 5. The average molecular weight is 389 g/mol. The van der Waals surface area contributed by atoms with Gasteiger partial charge in [-0.1, -0.05) is 38.8 Å². The smallest absolute Gasteiger partial charge is 0.231 e. The molecule has 3 aliphatic rings. The summed E-state index contributed by atoms with van der Waals surface area (Å²) in [5, 5.41) is 0.273. The van der Waals surface area contributed by atoms with E-state index in [9.17, 15) is 0 Å². The molecule has 2 saturated heterocycles. The monoisotopic (exact) mass is 388 g/mol. The third-order valence-electron chi connectivity index (χ3n) is 6.01. The number of fused-ring (bicyclic) bond motifs is 2. The summed E-state index contributed by atoms with van der Waals surface area (Å²) in [6, 6.07) is 5.77. The number of benzene rings is 1. The molecule has 0 aliphatic carbocycles. The van der Waals surface area contributed by atoms with E-state index < -0.39 is 8.80 Å². The van der Waals surface area contributed by atoms with E-state index in [4.69, 9.17) is 23.7 Å². The van der Waals surface area contributed by atoms with Crippen LogP contribution in [0.1, 0.15) is 19.4 Å².